The average Bonchev–Trinajstić information content (AvgIpc) is 3.37. The van der Waals surface area contributed by atoms with Gasteiger partial charge in [0, 0.05) is 12.8 Å². The van der Waals surface area contributed by atoms with Crippen LogP contribution in [-0.4, -0.2) is 47.4 Å². The second kappa shape index (κ2) is 61.1. The summed E-state index contributed by atoms with van der Waals surface area (Å²) in [5.41, 5.74) is 0. The van der Waals surface area contributed by atoms with Crippen LogP contribution in [0.25, 0.3) is 0 Å². The van der Waals surface area contributed by atoms with E-state index in [0.29, 0.717) is 19.4 Å². The van der Waals surface area contributed by atoms with Gasteiger partial charge in [0.2, 0.25) is 5.91 Å². The van der Waals surface area contributed by atoms with Crippen molar-refractivity contribution in [1.82, 2.24) is 5.32 Å². The molecule has 0 aromatic heterocycles. The maximum absolute atomic E-state index is 12.4. The monoisotopic (exact) mass is 1000 g/mol. The topological polar surface area (TPSA) is 95.9 Å². The molecular weight excluding hydrogens is 875 g/mol. The predicted molar refractivity (Wildman–Crippen MR) is 310 cm³/mol. The van der Waals surface area contributed by atoms with Gasteiger partial charge in [-0.2, -0.15) is 0 Å². The first kappa shape index (κ1) is 69.6. The normalized spacial score (nSPS) is 12.6. The lowest BCUT2D eigenvalue weighted by Crippen LogP contribution is -2.45. The van der Waals surface area contributed by atoms with E-state index in [-0.39, 0.29) is 18.5 Å². The molecule has 0 fully saturated rings. The molecule has 0 saturated heterocycles. The molecule has 6 heteroatoms. The quantitative estimate of drug-likeness (QED) is 0.0320. The molecule has 3 N–H and O–H groups in total. The Morgan fingerprint density at radius 1 is 0.380 bits per heavy atom. The van der Waals surface area contributed by atoms with Crippen molar-refractivity contribution >= 4 is 11.9 Å². The van der Waals surface area contributed by atoms with E-state index in [1.807, 2.05) is 6.08 Å². The van der Waals surface area contributed by atoms with Gasteiger partial charge in [-0.25, -0.2) is 0 Å². The van der Waals surface area contributed by atoms with Gasteiger partial charge >= 0.3 is 5.97 Å². The summed E-state index contributed by atoms with van der Waals surface area (Å²) in [5, 5.41) is 23.0. The number of aliphatic hydroxyl groups excluding tert-OH is 2. The Kier molecular flexibility index (Phi) is 59.9. The van der Waals surface area contributed by atoms with Crippen LogP contribution in [0.15, 0.2) is 12.2 Å². The molecule has 0 aromatic carbocycles. The molecule has 0 radical (unpaired) electrons. The number of ether oxygens (including phenoxy) is 1. The van der Waals surface area contributed by atoms with Gasteiger partial charge in [0.1, 0.15) is 0 Å². The molecule has 0 aliphatic carbocycles. The Hall–Kier alpha value is -1.40. The minimum Gasteiger partial charge on any atom is -0.466 e. The first-order chi connectivity index (χ1) is 35.0. The standard InChI is InChI=1S/C65H127NO5/c1-3-5-7-9-11-13-15-16-17-32-35-39-43-47-51-55-59-65(70)71-60-56-52-48-44-40-36-33-30-28-26-24-22-20-18-19-21-23-25-27-29-31-34-38-42-46-50-54-58-64(69)66-62(61-67)63(68)57-53-49-45-41-37-14-12-10-8-6-4-2/h53,57,62-63,67-68H,3-52,54-56,58-61H2,1-2H3,(H,66,69)/b57-53+. The van der Waals surface area contributed by atoms with E-state index in [4.69, 9.17) is 4.74 Å². The number of amides is 1. The maximum atomic E-state index is 12.4. The largest absolute Gasteiger partial charge is 0.466 e. The van der Waals surface area contributed by atoms with Crippen molar-refractivity contribution < 1.29 is 24.5 Å². The van der Waals surface area contributed by atoms with E-state index in [0.717, 1.165) is 38.5 Å². The van der Waals surface area contributed by atoms with Gasteiger partial charge in [-0.15, -0.1) is 0 Å². The minimum atomic E-state index is -0.840. The van der Waals surface area contributed by atoms with Crippen molar-refractivity contribution in [1.29, 1.82) is 0 Å². The van der Waals surface area contributed by atoms with Gasteiger partial charge in [-0.1, -0.05) is 334 Å². The molecular formula is C65H127NO5. The highest BCUT2D eigenvalue weighted by molar-refractivity contribution is 5.76. The summed E-state index contributed by atoms with van der Waals surface area (Å²) in [4.78, 5) is 24.5. The first-order valence-corrected chi connectivity index (χ1v) is 32.5. The molecule has 0 bridgehead atoms. The number of carbonyl (C=O) groups is 2. The molecule has 6 nitrogen and oxygen atoms in total. The fourth-order valence-electron chi connectivity index (χ4n) is 10.3. The van der Waals surface area contributed by atoms with E-state index in [1.54, 1.807) is 6.08 Å². The smallest absolute Gasteiger partial charge is 0.305 e. The highest BCUT2D eigenvalue weighted by atomic mass is 16.5. The van der Waals surface area contributed by atoms with Crippen molar-refractivity contribution in [2.75, 3.05) is 13.2 Å². The third-order valence-electron chi connectivity index (χ3n) is 15.3. The second-order valence-corrected chi connectivity index (χ2v) is 22.5. The van der Waals surface area contributed by atoms with E-state index in [1.165, 1.54) is 302 Å². The molecule has 2 unspecified atom stereocenters. The van der Waals surface area contributed by atoms with Gasteiger partial charge in [0.05, 0.1) is 25.4 Å². The van der Waals surface area contributed by atoms with Crippen LogP contribution in [0.2, 0.25) is 0 Å². The Morgan fingerprint density at radius 2 is 0.648 bits per heavy atom. The van der Waals surface area contributed by atoms with Crippen molar-refractivity contribution in [2.24, 2.45) is 0 Å². The van der Waals surface area contributed by atoms with Crippen LogP contribution in [0.1, 0.15) is 367 Å². The lowest BCUT2D eigenvalue weighted by molar-refractivity contribution is -0.143. The number of carbonyl (C=O) groups excluding carboxylic acids is 2. The van der Waals surface area contributed by atoms with Crippen molar-refractivity contribution in [3.05, 3.63) is 12.2 Å². The van der Waals surface area contributed by atoms with Crippen LogP contribution in [0, 0.1) is 0 Å². The third-order valence-corrected chi connectivity index (χ3v) is 15.3. The molecule has 2 atom stereocenters. The Labute approximate surface area is 444 Å². The lowest BCUT2D eigenvalue weighted by atomic mass is 10.0. The Bertz CT molecular complexity index is 1060. The zero-order valence-corrected chi connectivity index (χ0v) is 48.2. The van der Waals surface area contributed by atoms with Crippen molar-refractivity contribution in [3.8, 4) is 0 Å². The lowest BCUT2D eigenvalue weighted by Gasteiger charge is -2.20. The Morgan fingerprint density at radius 3 is 0.958 bits per heavy atom. The van der Waals surface area contributed by atoms with Crippen LogP contribution in [0.4, 0.5) is 0 Å². The Balaban J connectivity index is 3.32. The molecule has 1 amide bonds. The summed E-state index contributed by atoms with van der Waals surface area (Å²) in [6.45, 7) is 4.92. The fraction of sp³-hybridized carbons (Fsp3) is 0.938. The summed E-state index contributed by atoms with van der Waals surface area (Å²) in [6, 6.07) is -0.623. The van der Waals surface area contributed by atoms with Crippen LogP contribution < -0.4 is 5.32 Å². The van der Waals surface area contributed by atoms with Crippen LogP contribution in [0.5, 0.6) is 0 Å². The summed E-state index contributed by atoms with van der Waals surface area (Å²) >= 11 is 0. The van der Waals surface area contributed by atoms with Crippen LogP contribution in [-0.2, 0) is 14.3 Å². The zero-order chi connectivity index (χ0) is 51.4. The minimum absolute atomic E-state index is 0.0217. The van der Waals surface area contributed by atoms with Crippen molar-refractivity contribution in [2.45, 2.75) is 379 Å². The number of rotatable bonds is 61. The molecule has 0 heterocycles. The van der Waals surface area contributed by atoms with Gasteiger partial charge < -0.3 is 20.3 Å². The molecule has 422 valence electrons. The summed E-state index contributed by atoms with van der Waals surface area (Å²) in [6.07, 6.45) is 74.2. The second-order valence-electron chi connectivity index (χ2n) is 22.5. The van der Waals surface area contributed by atoms with Gasteiger partial charge in [-0.3, -0.25) is 9.59 Å². The average molecular weight is 1000 g/mol. The van der Waals surface area contributed by atoms with E-state index in [2.05, 4.69) is 19.2 Å². The molecule has 0 aliphatic heterocycles. The summed E-state index contributed by atoms with van der Waals surface area (Å²) in [5.74, 6) is -0.0431. The van der Waals surface area contributed by atoms with E-state index >= 15 is 0 Å². The van der Waals surface area contributed by atoms with Crippen LogP contribution in [0.3, 0.4) is 0 Å². The molecule has 0 rings (SSSR count). The molecule has 0 aliphatic rings. The molecule has 71 heavy (non-hydrogen) atoms. The molecule has 0 aromatic rings. The third kappa shape index (κ3) is 57.7. The van der Waals surface area contributed by atoms with Gasteiger partial charge in [0.15, 0.2) is 0 Å². The number of hydrogen-bond acceptors (Lipinski definition) is 5. The molecule has 0 spiro atoms. The SMILES string of the molecule is CCCCCCCCCCC/C=C/C(O)C(CO)NC(=O)CCCCCCCCCCCCCCCCCCCCCCCCCCCCCOC(=O)CCCCCCCCCCCCCCCCCC. The van der Waals surface area contributed by atoms with E-state index < -0.39 is 12.1 Å². The van der Waals surface area contributed by atoms with E-state index in [9.17, 15) is 19.8 Å². The number of nitrogens with one attached hydrogen (secondary N) is 1. The van der Waals surface area contributed by atoms with Gasteiger partial charge in [0.25, 0.3) is 0 Å². The predicted octanol–water partition coefficient (Wildman–Crippen LogP) is 20.4. The maximum Gasteiger partial charge on any atom is 0.305 e. The number of allylic oxidation sites excluding steroid dienone is 1. The molecule has 0 saturated carbocycles. The first-order valence-electron chi connectivity index (χ1n) is 32.5. The zero-order valence-electron chi connectivity index (χ0n) is 48.2. The summed E-state index contributed by atoms with van der Waals surface area (Å²) < 4.78 is 5.50. The fourth-order valence-corrected chi connectivity index (χ4v) is 10.3. The number of aliphatic hydroxyl groups is 2. The van der Waals surface area contributed by atoms with Gasteiger partial charge in [-0.05, 0) is 32.1 Å². The highest BCUT2D eigenvalue weighted by Gasteiger charge is 2.18. The number of unbranched alkanes of at least 4 members (excludes halogenated alkanes) is 50. The highest BCUT2D eigenvalue weighted by Crippen LogP contribution is 2.18. The summed E-state index contributed by atoms with van der Waals surface area (Å²) in [7, 11) is 0. The van der Waals surface area contributed by atoms with Crippen molar-refractivity contribution in [3.63, 3.8) is 0 Å². The number of hydrogen-bond donors (Lipinski definition) is 3. The van der Waals surface area contributed by atoms with Crippen LogP contribution >= 0.6 is 0 Å². The number of esters is 1.